The van der Waals surface area contributed by atoms with E-state index >= 15 is 0 Å². The van der Waals surface area contributed by atoms with Gasteiger partial charge in [-0.3, -0.25) is 0 Å². The Labute approximate surface area is 114 Å². The summed E-state index contributed by atoms with van der Waals surface area (Å²) in [5, 5.41) is 3.22. The number of likely N-dealkylation sites (N-methyl/N-ethyl adjacent to an activating group) is 1. The zero-order chi connectivity index (χ0) is 13.7. The maximum Gasteiger partial charge on any atom is 0.128 e. The van der Waals surface area contributed by atoms with Gasteiger partial charge in [-0.2, -0.15) is 0 Å². The first-order valence-corrected chi connectivity index (χ1v) is 6.90. The van der Waals surface area contributed by atoms with Gasteiger partial charge in [0.1, 0.15) is 5.82 Å². The van der Waals surface area contributed by atoms with E-state index in [1.165, 1.54) is 6.07 Å². The van der Waals surface area contributed by atoms with E-state index in [0.29, 0.717) is 18.2 Å². The van der Waals surface area contributed by atoms with Gasteiger partial charge >= 0.3 is 0 Å². The standard InChI is InChI=1S/C15H22FNO2/c1-3-8-18-15-13(17-2)9-14(15)19-10-11-6-4-5-7-12(11)16/h4-7,13-15,17H,3,8-10H2,1-2H3. The van der Waals surface area contributed by atoms with Crippen molar-refractivity contribution in [3.63, 3.8) is 0 Å². The van der Waals surface area contributed by atoms with Gasteiger partial charge in [0.15, 0.2) is 0 Å². The molecular weight excluding hydrogens is 245 g/mol. The summed E-state index contributed by atoms with van der Waals surface area (Å²) < 4.78 is 25.0. The van der Waals surface area contributed by atoms with Crippen molar-refractivity contribution in [2.45, 2.75) is 44.6 Å². The van der Waals surface area contributed by atoms with Gasteiger partial charge < -0.3 is 14.8 Å². The second-order valence-electron chi connectivity index (χ2n) is 4.91. The number of hydrogen-bond acceptors (Lipinski definition) is 3. The van der Waals surface area contributed by atoms with Crippen LogP contribution in [-0.4, -0.2) is 31.9 Å². The summed E-state index contributed by atoms with van der Waals surface area (Å²) in [5.41, 5.74) is 0.602. The van der Waals surface area contributed by atoms with Crippen LogP contribution in [0.4, 0.5) is 4.39 Å². The van der Waals surface area contributed by atoms with Crippen LogP contribution in [0.3, 0.4) is 0 Å². The van der Waals surface area contributed by atoms with Crippen LogP contribution in [0.15, 0.2) is 24.3 Å². The molecule has 0 aliphatic heterocycles. The monoisotopic (exact) mass is 267 g/mol. The van der Waals surface area contributed by atoms with Gasteiger partial charge in [0, 0.05) is 18.2 Å². The van der Waals surface area contributed by atoms with Crippen molar-refractivity contribution in [3.05, 3.63) is 35.6 Å². The van der Waals surface area contributed by atoms with Crippen LogP contribution in [0.5, 0.6) is 0 Å². The van der Waals surface area contributed by atoms with Crippen molar-refractivity contribution in [1.82, 2.24) is 5.32 Å². The normalized spacial score (nSPS) is 26.2. The highest BCUT2D eigenvalue weighted by Gasteiger charge is 2.41. The zero-order valence-electron chi connectivity index (χ0n) is 11.6. The molecule has 0 spiro atoms. The molecule has 2 rings (SSSR count). The summed E-state index contributed by atoms with van der Waals surface area (Å²) in [4.78, 5) is 0. The molecule has 1 fully saturated rings. The molecule has 1 N–H and O–H groups in total. The van der Waals surface area contributed by atoms with E-state index in [2.05, 4.69) is 12.2 Å². The van der Waals surface area contributed by atoms with Crippen molar-refractivity contribution in [1.29, 1.82) is 0 Å². The second-order valence-corrected chi connectivity index (χ2v) is 4.91. The molecule has 0 aromatic heterocycles. The van der Waals surface area contributed by atoms with Crippen LogP contribution < -0.4 is 5.32 Å². The molecule has 19 heavy (non-hydrogen) atoms. The van der Waals surface area contributed by atoms with Gasteiger partial charge in [-0.05, 0) is 26.0 Å². The SMILES string of the molecule is CCCOC1C(NC)CC1OCc1ccccc1F. The first-order chi connectivity index (χ1) is 9.26. The fourth-order valence-corrected chi connectivity index (χ4v) is 2.32. The molecule has 3 nitrogen and oxygen atoms in total. The molecule has 4 heteroatoms. The van der Waals surface area contributed by atoms with Gasteiger partial charge in [0.2, 0.25) is 0 Å². The summed E-state index contributed by atoms with van der Waals surface area (Å²) in [7, 11) is 1.93. The lowest BCUT2D eigenvalue weighted by Crippen LogP contribution is -2.59. The minimum Gasteiger partial charge on any atom is -0.374 e. The van der Waals surface area contributed by atoms with Gasteiger partial charge in [0.05, 0.1) is 18.8 Å². The van der Waals surface area contributed by atoms with Crippen LogP contribution in [0.25, 0.3) is 0 Å². The van der Waals surface area contributed by atoms with Crippen molar-refractivity contribution in [2.24, 2.45) is 0 Å². The van der Waals surface area contributed by atoms with Crippen molar-refractivity contribution in [3.8, 4) is 0 Å². The zero-order valence-corrected chi connectivity index (χ0v) is 11.6. The number of benzene rings is 1. The van der Waals surface area contributed by atoms with Gasteiger partial charge in [-0.15, -0.1) is 0 Å². The summed E-state index contributed by atoms with van der Waals surface area (Å²) in [6.07, 6.45) is 2.05. The van der Waals surface area contributed by atoms with E-state index in [0.717, 1.165) is 19.4 Å². The molecule has 1 aromatic carbocycles. The first kappa shape index (κ1) is 14.4. The van der Waals surface area contributed by atoms with Crippen molar-refractivity contribution in [2.75, 3.05) is 13.7 Å². The molecule has 3 atom stereocenters. The van der Waals surface area contributed by atoms with E-state index in [1.807, 2.05) is 13.1 Å². The van der Waals surface area contributed by atoms with Gasteiger partial charge in [-0.1, -0.05) is 25.1 Å². The minimum absolute atomic E-state index is 0.0589. The van der Waals surface area contributed by atoms with Crippen LogP contribution in [0.1, 0.15) is 25.3 Å². The second kappa shape index (κ2) is 6.98. The number of nitrogens with one attached hydrogen (secondary N) is 1. The summed E-state index contributed by atoms with van der Waals surface area (Å²) in [5.74, 6) is -0.210. The Kier molecular flexibility index (Phi) is 5.31. The maximum atomic E-state index is 13.5. The molecule has 1 saturated carbocycles. The lowest BCUT2D eigenvalue weighted by atomic mass is 9.85. The van der Waals surface area contributed by atoms with E-state index in [-0.39, 0.29) is 18.0 Å². The third-order valence-corrected chi connectivity index (χ3v) is 3.55. The quantitative estimate of drug-likeness (QED) is 0.823. The Morgan fingerprint density at radius 1 is 1.32 bits per heavy atom. The van der Waals surface area contributed by atoms with E-state index in [4.69, 9.17) is 9.47 Å². The topological polar surface area (TPSA) is 30.5 Å². The Morgan fingerprint density at radius 3 is 2.79 bits per heavy atom. The molecule has 1 aliphatic carbocycles. The average Bonchev–Trinajstić information content (AvgIpc) is 2.40. The molecule has 0 heterocycles. The van der Waals surface area contributed by atoms with E-state index in [1.54, 1.807) is 12.1 Å². The molecule has 3 unspecified atom stereocenters. The average molecular weight is 267 g/mol. The highest BCUT2D eigenvalue weighted by Crippen LogP contribution is 2.28. The number of hydrogen-bond donors (Lipinski definition) is 1. The molecule has 0 radical (unpaired) electrons. The molecule has 1 aliphatic rings. The van der Waals surface area contributed by atoms with Crippen LogP contribution in [0.2, 0.25) is 0 Å². The molecule has 106 valence electrons. The highest BCUT2D eigenvalue weighted by atomic mass is 19.1. The molecule has 1 aromatic rings. The number of rotatable bonds is 7. The Balaban J connectivity index is 1.84. The summed E-state index contributed by atoms with van der Waals surface area (Å²) in [6.45, 7) is 3.13. The lowest BCUT2D eigenvalue weighted by molar-refractivity contribution is -0.151. The van der Waals surface area contributed by atoms with Crippen LogP contribution >= 0.6 is 0 Å². The summed E-state index contributed by atoms with van der Waals surface area (Å²) in [6, 6.07) is 7.07. The smallest absolute Gasteiger partial charge is 0.128 e. The van der Waals surface area contributed by atoms with Crippen molar-refractivity contribution < 1.29 is 13.9 Å². The van der Waals surface area contributed by atoms with Crippen LogP contribution in [-0.2, 0) is 16.1 Å². The predicted octanol–water partition coefficient (Wildman–Crippen LogP) is 2.50. The van der Waals surface area contributed by atoms with Gasteiger partial charge in [0.25, 0.3) is 0 Å². The highest BCUT2D eigenvalue weighted by molar-refractivity contribution is 5.16. The van der Waals surface area contributed by atoms with E-state index < -0.39 is 0 Å². The van der Waals surface area contributed by atoms with E-state index in [9.17, 15) is 4.39 Å². The molecule has 0 bridgehead atoms. The molecule has 0 amide bonds. The Bertz CT molecular complexity index is 399. The van der Waals surface area contributed by atoms with Gasteiger partial charge in [-0.25, -0.2) is 4.39 Å². The Morgan fingerprint density at radius 2 is 2.11 bits per heavy atom. The lowest BCUT2D eigenvalue weighted by Gasteiger charge is -2.43. The Hall–Kier alpha value is -0.970. The van der Waals surface area contributed by atoms with Crippen molar-refractivity contribution >= 4 is 0 Å². The third kappa shape index (κ3) is 3.53. The minimum atomic E-state index is -0.210. The number of halogens is 1. The summed E-state index contributed by atoms with van der Waals surface area (Å²) >= 11 is 0. The number of ether oxygens (including phenoxy) is 2. The largest absolute Gasteiger partial charge is 0.374 e. The fraction of sp³-hybridized carbons (Fsp3) is 0.600. The first-order valence-electron chi connectivity index (χ1n) is 6.90. The predicted molar refractivity (Wildman–Crippen MR) is 72.5 cm³/mol. The maximum absolute atomic E-state index is 13.5. The fourth-order valence-electron chi connectivity index (χ4n) is 2.32. The molecular formula is C15H22FNO2. The molecule has 0 saturated heterocycles. The van der Waals surface area contributed by atoms with Crippen LogP contribution in [0, 0.1) is 5.82 Å². The third-order valence-electron chi connectivity index (χ3n) is 3.55.